The molecule has 0 bridgehead atoms. The van der Waals surface area contributed by atoms with Gasteiger partial charge in [0.1, 0.15) is 17.1 Å². The fraction of sp³-hybridized carbons (Fsp3) is 0.0476. The van der Waals surface area contributed by atoms with Crippen molar-refractivity contribution in [1.82, 2.24) is 20.2 Å². The normalized spacial score (nSPS) is 11.1. The molecule has 9 heteroatoms. The number of methoxy groups -OCH3 is 1. The van der Waals surface area contributed by atoms with Gasteiger partial charge in [-0.15, -0.1) is 21.5 Å². The van der Waals surface area contributed by atoms with Crippen molar-refractivity contribution in [1.29, 1.82) is 0 Å². The summed E-state index contributed by atoms with van der Waals surface area (Å²) in [7, 11) is 1.66. The van der Waals surface area contributed by atoms with Crippen molar-refractivity contribution >= 4 is 44.9 Å². The second-order valence-electron chi connectivity index (χ2n) is 6.21. The highest BCUT2D eigenvalue weighted by Crippen LogP contribution is 2.39. The third-order valence-corrected chi connectivity index (χ3v) is 6.74. The van der Waals surface area contributed by atoms with E-state index in [0.29, 0.717) is 16.1 Å². The summed E-state index contributed by atoms with van der Waals surface area (Å²) in [6.07, 6.45) is 1.55. The van der Waals surface area contributed by atoms with Crippen LogP contribution in [-0.4, -0.2) is 27.3 Å². The average Bonchev–Trinajstić information content (AvgIpc) is 3.42. The predicted octanol–water partition coefficient (Wildman–Crippen LogP) is 6.22. The van der Waals surface area contributed by atoms with Crippen LogP contribution in [0.25, 0.3) is 32.1 Å². The van der Waals surface area contributed by atoms with Gasteiger partial charge in [-0.25, -0.2) is 9.97 Å². The predicted molar refractivity (Wildman–Crippen MR) is 118 cm³/mol. The van der Waals surface area contributed by atoms with Crippen LogP contribution >= 0.6 is 34.7 Å². The summed E-state index contributed by atoms with van der Waals surface area (Å²) >= 11 is 8.89. The molecule has 30 heavy (non-hydrogen) atoms. The van der Waals surface area contributed by atoms with Crippen LogP contribution in [0.5, 0.6) is 5.75 Å². The Morgan fingerprint density at radius 2 is 1.73 bits per heavy atom. The number of rotatable bonds is 5. The second-order valence-corrected chi connectivity index (χ2v) is 8.64. The third-order valence-electron chi connectivity index (χ3n) is 4.33. The SMILES string of the molecule is COc1ccc(-c2cc3ncnc(Sc4nnc(-c5ccc(Cl)cc5)o4)c3s2)cc1. The van der Waals surface area contributed by atoms with E-state index in [2.05, 4.69) is 26.2 Å². The van der Waals surface area contributed by atoms with E-state index in [1.807, 2.05) is 36.4 Å². The van der Waals surface area contributed by atoms with E-state index in [0.717, 1.165) is 37.0 Å². The largest absolute Gasteiger partial charge is 0.497 e. The molecule has 0 spiro atoms. The van der Waals surface area contributed by atoms with Crippen LogP contribution in [-0.2, 0) is 0 Å². The fourth-order valence-corrected chi connectivity index (χ4v) is 4.89. The molecule has 6 nitrogen and oxygen atoms in total. The van der Waals surface area contributed by atoms with E-state index in [1.54, 1.807) is 36.9 Å². The molecule has 0 amide bonds. The highest BCUT2D eigenvalue weighted by molar-refractivity contribution is 7.99. The monoisotopic (exact) mass is 452 g/mol. The quantitative estimate of drug-likeness (QED) is 0.293. The van der Waals surface area contributed by atoms with Crippen molar-refractivity contribution in [2.75, 3.05) is 7.11 Å². The maximum absolute atomic E-state index is 5.94. The molecule has 0 saturated heterocycles. The minimum absolute atomic E-state index is 0.416. The van der Waals surface area contributed by atoms with Crippen LogP contribution in [0.2, 0.25) is 5.02 Å². The Morgan fingerprint density at radius 1 is 0.967 bits per heavy atom. The molecule has 3 heterocycles. The summed E-state index contributed by atoms with van der Waals surface area (Å²) in [5, 5.41) is 10.1. The van der Waals surface area contributed by atoms with Crippen LogP contribution in [0.4, 0.5) is 0 Å². The minimum Gasteiger partial charge on any atom is -0.497 e. The standard InChI is InChI=1S/C21H13ClN4O2S2/c1-27-15-8-4-12(5-9-15)17-10-16-18(29-17)20(24-11-23-16)30-21-26-25-19(28-21)13-2-6-14(22)7-3-13/h2-11H,1H3. The Morgan fingerprint density at radius 3 is 2.50 bits per heavy atom. The number of benzene rings is 2. The number of fused-ring (bicyclic) bond motifs is 1. The smallest absolute Gasteiger partial charge is 0.283 e. The summed E-state index contributed by atoms with van der Waals surface area (Å²) in [5.41, 5.74) is 2.78. The van der Waals surface area contributed by atoms with Gasteiger partial charge in [-0.2, -0.15) is 0 Å². The highest BCUT2D eigenvalue weighted by Gasteiger charge is 2.15. The molecule has 0 aliphatic rings. The number of ether oxygens (including phenoxy) is 1. The zero-order valence-corrected chi connectivity index (χ0v) is 18.0. The third kappa shape index (κ3) is 3.77. The molecule has 0 aliphatic heterocycles. The van der Waals surface area contributed by atoms with E-state index in [4.69, 9.17) is 20.8 Å². The van der Waals surface area contributed by atoms with E-state index in [-0.39, 0.29) is 0 Å². The Bertz CT molecular complexity index is 1320. The summed E-state index contributed by atoms with van der Waals surface area (Å²) in [6, 6.07) is 17.3. The minimum atomic E-state index is 0.416. The van der Waals surface area contributed by atoms with Crippen molar-refractivity contribution in [3.63, 3.8) is 0 Å². The van der Waals surface area contributed by atoms with Crippen molar-refractivity contribution < 1.29 is 9.15 Å². The van der Waals surface area contributed by atoms with Gasteiger partial charge in [-0.1, -0.05) is 11.6 Å². The van der Waals surface area contributed by atoms with Gasteiger partial charge in [0.15, 0.2) is 0 Å². The first-order chi connectivity index (χ1) is 14.7. The maximum atomic E-state index is 5.94. The molecule has 148 valence electrons. The lowest BCUT2D eigenvalue weighted by atomic mass is 10.2. The molecule has 0 saturated carbocycles. The van der Waals surface area contributed by atoms with Gasteiger partial charge < -0.3 is 9.15 Å². The lowest BCUT2D eigenvalue weighted by molar-refractivity contribution is 0.415. The first kappa shape index (κ1) is 19.0. The molecule has 0 fully saturated rings. The lowest BCUT2D eigenvalue weighted by Crippen LogP contribution is -1.82. The molecule has 3 aromatic heterocycles. The zero-order chi connectivity index (χ0) is 20.5. The molecule has 2 aromatic carbocycles. The number of thiophene rings is 1. The van der Waals surface area contributed by atoms with Crippen molar-refractivity contribution in [3.05, 3.63) is 65.9 Å². The number of aromatic nitrogens is 4. The second kappa shape index (κ2) is 8.06. The topological polar surface area (TPSA) is 73.9 Å². The summed E-state index contributed by atoms with van der Waals surface area (Å²) in [5.74, 6) is 1.26. The summed E-state index contributed by atoms with van der Waals surface area (Å²) in [4.78, 5) is 9.93. The van der Waals surface area contributed by atoms with E-state index in [1.165, 1.54) is 11.8 Å². The van der Waals surface area contributed by atoms with Gasteiger partial charge in [0, 0.05) is 15.5 Å². The van der Waals surface area contributed by atoms with Gasteiger partial charge >= 0.3 is 0 Å². The number of halogens is 1. The molecule has 5 aromatic rings. The van der Waals surface area contributed by atoms with Crippen LogP contribution in [0, 0.1) is 0 Å². The van der Waals surface area contributed by atoms with Gasteiger partial charge in [-0.05, 0) is 71.9 Å². The van der Waals surface area contributed by atoms with Crippen LogP contribution < -0.4 is 4.74 Å². The van der Waals surface area contributed by atoms with Crippen molar-refractivity contribution in [3.8, 4) is 27.6 Å². The summed E-state index contributed by atoms with van der Waals surface area (Å²) < 4.78 is 12.0. The lowest BCUT2D eigenvalue weighted by Gasteiger charge is -2.00. The number of hydrogen-bond acceptors (Lipinski definition) is 8. The molecule has 0 atom stereocenters. The van der Waals surface area contributed by atoms with Crippen molar-refractivity contribution in [2.24, 2.45) is 0 Å². The van der Waals surface area contributed by atoms with Gasteiger partial charge in [0.05, 0.1) is 17.3 Å². The Labute approximate surface area is 184 Å². The van der Waals surface area contributed by atoms with Gasteiger partial charge in [0.25, 0.3) is 5.22 Å². The number of hydrogen-bond donors (Lipinski definition) is 0. The first-order valence-electron chi connectivity index (χ1n) is 8.86. The van der Waals surface area contributed by atoms with Crippen LogP contribution in [0.3, 0.4) is 0 Å². The Hall–Kier alpha value is -2.94. The molecule has 0 radical (unpaired) electrons. The van der Waals surface area contributed by atoms with E-state index < -0.39 is 0 Å². The fourth-order valence-electron chi connectivity index (χ4n) is 2.85. The van der Waals surface area contributed by atoms with E-state index in [9.17, 15) is 0 Å². The van der Waals surface area contributed by atoms with Gasteiger partial charge in [0.2, 0.25) is 5.89 Å². The highest BCUT2D eigenvalue weighted by atomic mass is 35.5. The maximum Gasteiger partial charge on any atom is 0.283 e. The molecule has 0 unspecified atom stereocenters. The summed E-state index contributed by atoms with van der Waals surface area (Å²) in [6.45, 7) is 0. The van der Waals surface area contributed by atoms with Crippen LogP contribution in [0.15, 0.2) is 75.6 Å². The molecular weight excluding hydrogens is 440 g/mol. The number of nitrogens with zero attached hydrogens (tertiary/aromatic N) is 4. The van der Waals surface area contributed by atoms with Gasteiger partial charge in [-0.3, -0.25) is 0 Å². The Balaban J connectivity index is 1.45. The molecule has 0 N–H and O–H groups in total. The zero-order valence-electron chi connectivity index (χ0n) is 15.6. The molecular formula is C21H13ClN4O2S2. The Kier molecular flexibility index (Phi) is 5.12. The average molecular weight is 453 g/mol. The van der Waals surface area contributed by atoms with Crippen LogP contribution in [0.1, 0.15) is 0 Å². The molecule has 5 rings (SSSR count). The van der Waals surface area contributed by atoms with E-state index >= 15 is 0 Å². The van der Waals surface area contributed by atoms with Crippen molar-refractivity contribution in [2.45, 2.75) is 10.2 Å². The molecule has 0 aliphatic carbocycles. The first-order valence-corrected chi connectivity index (χ1v) is 10.9.